The van der Waals surface area contributed by atoms with Crippen LogP contribution in [0.15, 0.2) is 18.2 Å². The Bertz CT molecular complexity index is 629. The summed E-state index contributed by atoms with van der Waals surface area (Å²) in [4.78, 5) is 35.6. The molecule has 25 heavy (non-hydrogen) atoms. The number of carbonyl (C=O) groups is 3. The van der Waals surface area contributed by atoms with E-state index in [1.54, 1.807) is 25.1 Å². The van der Waals surface area contributed by atoms with Crippen LogP contribution in [0.3, 0.4) is 0 Å². The van der Waals surface area contributed by atoms with Crippen molar-refractivity contribution >= 4 is 29.3 Å². The lowest BCUT2D eigenvalue weighted by Gasteiger charge is -2.20. The van der Waals surface area contributed by atoms with Crippen LogP contribution in [-0.4, -0.2) is 31.1 Å². The van der Waals surface area contributed by atoms with Crippen molar-refractivity contribution in [1.29, 1.82) is 0 Å². The molecule has 0 aliphatic heterocycles. The highest BCUT2D eigenvalue weighted by atomic mass is 16.5. The van der Waals surface area contributed by atoms with Crippen LogP contribution in [0, 0.1) is 12.8 Å². The van der Waals surface area contributed by atoms with Crippen LogP contribution in [-0.2, 0) is 14.3 Å². The van der Waals surface area contributed by atoms with E-state index in [1.807, 2.05) is 20.8 Å². The van der Waals surface area contributed by atoms with Gasteiger partial charge in [-0.3, -0.25) is 9.59 Å². The molecular weight excluding hydrogens is 322 g/mol. The van der Waals surface area contributed by atoms with Gasteiger partial charge in [-0.05, 0) is 37.0 Å². The summed E-state index contributed by atoms with van der Waals surface area (Å²) < 4.78 is 4.58. The van der Waals surface area contributed by atoms with E-state index in [0.29, 0.717) is 24.2 Å². The molecule has 3 amide bonds. The van der Waals surface area contributed by atoms with E-state index < -0.39 is 12.1 Å². The maximum atomic E-state index is 12.6. The van der Waals surface area contributed by atoms with E-state index in [4.69, 9.17) is 0 Å². The van der Waals surface area contributed by atoms with Crippen molar-refractivity contribution < 1.29 is 19.1 Å². The predicted molar refractivity (Wildman–Crippen MR) is 97.5 cm³/mol. The second-order valence-electron chi connectivity index (χ2n) is 6.19. The van der Waals surface area contributed by atoms with Gasteiger partial charge in [-0.15, -0.1) is 0 Å². The molecule has 0 unspecified atom stereocenters. The van der Waals surface area contributed by atoms with E-state index >= 15 is 0 Å². The van der Waals surface area contributed by atoms with Gasteiger partial charge >= 0.3 is 6.09 Å². The molecule has 7 nitrogen and oxygen atoms in total. The SMILES string of the molecule is CCC(=O)Nc1cccc(NC(=O)[C@@H](CC(C)C)NC(=O)OC)c1C. The quantitative estimate of drug-likeness (QED) is 0.705. The van der Waals surface area contributed by atoms with Crippen LogP contribution in [0.1, 0.15) is 39.2 Å². The van der Waals surface area contributed by atoms with Gasteiger partial charge in [-0.25, -0.2) is 4.79 Å². The van der Waals surface area contributed by atoms with Gasteiger partial charge in [0.15, 0.2) is 0 Å². The molecule has 0 fully saturated rings. The molecule has 0 aliphatic carbocycles. The number of anilines is 2. The van der Waals surface area contributed by atoms with Crippen LogP contribution in [0.25, 0.3) is 0 Å². The molecule has 0 spiro atoms. The Morgan fingerprint density at radius 3 is 2.24 bits per heavy atom. The van der Waals surface area contributed by atoms with Crippen LogP contribution in [0.4, 0.5) is 16.2 Å². The number of hydrogen-bond donors (Lipinski definition) is 3. The highest BCUT2D eigenvalue weighted by Gasteiger charge is 2.23. The fourth-order valence-corrected chi connectivity index (χ4v) is 2.27. The second-order valence-corrected chi connectivity index (χ2v) is 6.19. The number of ether oxygens (including phenoxy) is 1. The maximum absolute atomic E-state index is 12.6. The topological polar surface area (TPSA) is 96.5 Å². The molecule has 1 aromatic carbocycles. The van der Waals surface area contributed by atoms with E-state index in [1.165, 1.54) is 7.11 Å². The van der Waals surface area contributed by atoms with E-state index in [9.17, 15) is 14.4 Å². The molecule has 0 heterocycles. The Hall–Kier alpha value is -2.57. The summed E-state index contributed by atoms with van der Waals surface area (Å²) in [5.41, 5.74) is 1.98. The summed E-state index contributed by atoms with van der Waals surface area (Å²) in [6.45, 7) is 7.51. The summed E-state index contributed by atoms with van der Waals surface area (Å²) in [7, 11) is 1.25. The summed E-state index contributed by atoms with van der Waals surface area (Å²) in [5, 5.41) is 8.16. The van der Waals surface area contributed by atoms with Gasteiger partial charge in [0.05, 0.1) is 7.11 Å². The monoisotopic (exact) mass is 349 g/mol. The minimum absolute atomic E-state index is 0.100. The fraction of sp³-hybridized carbons (Fsp3) is 0.500. The Kier molecular flexibility index (Phi) is 7.91. The number of nitrogens with one attached hydrogen (secondary N) is 3. The lowest BCUT2D eigenvalue weighted by atomic mass is 10.0. The Balaban J connectivity index is 2.93. The molecular formula is C18H27N3O4. The molecule has 0 bridgehead atoms. The third kappa shape index (κ3) is 6.45. The van der Waals surface area contributed by atoms with Crippen molar-refractivity contribution in [3.05, 3.63) is 23.8 Å². The first kappa shape index (κ1) is 20.5. The van der Waals surface area contributed by atoms with Crippen LogP contribution in [0.2, 0.25) is 0 Å². The first-order chi connectivity index (χ1) is 11.8. The lowest BCUT2D eigenvalue weighted by molar-refractivity contribution is -0.118. The molecule has 1 aromatic rings. The zero-order chi connectivity index (χ0) is 19.0. The molecule has 0 saturated carbocycles. The minimum Gasteiger partial charge on any atom is -0.453 e. The molecule has 138 valence electrons. The third-order valence-electron chi connectivity index (χ3n) is 3.69. The van der Waals surface area contributed by atoms with Gasteiger partial charge < -0.3 is 20.7 Å². The van der Waals surface area contributed by atoms with Gasteiger partial charge in [-0.2, -0.15) is 0 Å². The van der Waals surface area contributed by atoms with Crippen molar-refractivity contribution in [3.8, 4) is 0 Å². The van der Waals surface area contributed by atoms with E-state index in [2.05, 4.69) is 20.7 Å². The van der Waals surface area contributed by atoms with E-state index in [0.717, 1.165) is 5.56 Å². The van der Waals surface area contributed by atoms with Crippen molar-refractivity contribution in [1.82, 2.24) is 5.32 Å². The highest BCUT2D eigenvalue weighted by molar-refractivity contribution is 5.99. The Labute approximate surface area is 148 Å². The molecule has 0 radical (unpaired) electrons. The minimum atomic E-state index is -0.708. The number of hydrogen-bond acceptors (Lipinski definition) is 4. The normalized spacial score (nSPS) is 11.6. The van der Waals surface area contributed by atoms with Gasteiger partial charge in [0.25, 0.3) is 0 Å². The third-order valence-corrected chi connectivity index (χ3v) is 3.69. The van der Waals surface area contributed by atoms with Gasteiger partial charge in [0.2, 0.25) is 11.8 Å². The standard InChI is InChI=1S/C18H27N3O4/c1-6-16(22)19-13-8-7-9-14(12(13)4)20-17(23)15(10-11(2)3)21-18(24)25-5/h7-9,11,15H,6,10H2,1-5H3,(H,19,22)(H,20,23)(H,21,24)/t15-/m1/s1. The molecule has 7 heteroatoms. The number of methoxy groups -OCH3 is 1. The largest absolute Gasteiger partial charge is 0.453 e. The summed E-state index contributed by atoms with van der Waals surface area (Å²) >= 11 is 0. The number of benzene rings is 1. The van der Waals surface area contributed by atoms with Crippen molar-refractivity contribution in [2.75, 3.05) is 17.7 Å². The summed E-state index contributed by atoms with van der Waals surface area (Å²) in [6.07, 6.45) is 0.198. The first-order valence-corrected chi connectivity index (χ1v) is 8.33. The molecule has 0 saturated heterocycles. The van der Waals surface area contributed by atoms with Crippen LogP contribution >= 0.6 is 0 Å². The summed E-state index contributed by atoms with van der Waals surface area (Å²) in [5.74, 6) is -0.220. The number of alkyl carbamates (subject to hydrolysis) is 1. The molecule has 0 aromatic heterocycles. The first-order valence-electron chi connectivity index (χ1n) is 8.33. The van der Waals surface area contributed by atoms with Crippen LogP contribution in [0.5, 0.6) is 0 Å². The lowest BCUT2D eigenvalue weighted by Crippen LogP contribution is -2.44. The number of rotatable bonds is 7. The van der Waals surface area contributed by atoms with Crippen molar-refractivity contribution in [2.24, 2.45) is 5.92 Å². The highest BCUT2D eigenvalue weighted by Crippen LogP contribution is 2.24. The Morgan fingerprint density at radius 2 is 1.72 bits per heavy atom. The van der Waals surface area contributed by atoms with Gasteiger partial charge in [0.1, 0.15) is 6.04 Å². The second kappa shape index (κ2) is 9.66. The zero-order valence-corrected chi connectivity index (χ0v) is 15.4. The van der Waals surface area contributed by atoms with Gasteiger partial charge in [0, 0.05) is 17.8 Å². The van der Waals surface area contributed by atoms with Crippen molar-refractivity contribution in [3.63, 3.8) is 0 Å². The van der Waals surface area contributed by atoms with E-state index in [-0.39, 0.29) is 17.7 Å². The van der Waals surface area contributed by atoms with Crippen LogP contribution < -0.4 is 16.0 Å². The number of carbonyl (C=O) groups excluding carboxylic acids is 3. The predicted octanol–water partition coefficient (Wildman–Crippen LogP) is 3.05. The number of amides is 3. The molecule has 3 N–H and O–H groups in total. The average molecular weight is 349 g/mol. The van der Waals surface area contributed by atoms with Crippen molar-refractivity contribution in [2.45, 2.75) is 46.6 Å². The molecule has 1 rings (SSSR count). The average Bonchev–Trinajstić information content (AvgIpc) is 2.56. The molecule has 1 atom stereocenters. The zero-order valence-electron chi connectivity index (χ0n) is 15.4. The van der Waals surface area contributed by atoms with Gasteiger partial charge in [-0.1, -0.05) is 26.8 Å². The smallest absolute Gasteiger partial charge is 0.407 e. The maximum Gasteiger partial charge on any atom is 0.407 e. The fourth-order valence-electron chi connectivity index (χ4n) is 2.27. The molecule has 0 aliphatic rings. The Morgan fingerprint density at radius 1 is 1.12 bits per heavy atom. The summed E-state index contributed by atoms with van der Waals surface area (Å²) in [6, 6.07) is 4.57.